The molecule has 0 aliphatic carbocycles. The molecule has 0 spiro atoms. The van der Waals surface area contributed by atoms with E-state index in [1.165, 1.54) is 0 Å². The molecule has 104 valence electrons. The summed E-state index contributed by atoms with van der Waals surface area (Å²) in [5.41, 5.74) is 1.06. The summed E-state index contributed by atoms with van der Waals surface area (Å²) in [6.45, 7) is 0. The van der Waals surface area contributed by atoms with Gasteiger partial charge in [-0.15, -0.1) is 0 Å². The Morgan fingerprint density at radius 2 is 1.79 bits per heavy atom. The maximum Gasteiger partial charge on any atom is 0.450 e. The lowest BCUT2D eigenvalue weighted by Gasteiger charge is -2.08. The minimum atomic E-state index is -3.42. The average Bonchev–Trinajstić information content (AvgIpc) is 2.40. The van der Waals surface area contributed by atoms with Crippen molar-refractivity contribution in [2.75, 3.05) is 6.16 Å². The normalized spacial score (nSPS) is 11.1. The summed E-state index contributed by atoms with van der Waals surface area (Å²) in [7, 11) is -3.42. The summed E-state index contributed by atoms with van der Waals surface area (Å²) >= 11 is 0. The lowest BCUT2D eigenvalue weighted by molar-refractivity contribution is 0.358. The van der Waals surface area contributed by atoms with Crippen molar-refractivity contribution in [1.82, 2.24) is 0 Å². The Morgan fingerprint density at radius 3 is 2.37 bits per heavy atom. The molecule has 0 saturated heterocycles. The molecule has 19 heavy (non-hydrogen) atoms. The SMILES string of the molecule is C#COP(=O)(C/C=C/C=C/c1ccccc1)OC#C.[HH].[HH].[HH].[HH]. The zero-order valence-electron chi connectivity index (χ0n) is 10.2. The molecular weight excluding hydrogens is 259 g/mol. The predicted molar refractivity (Wildman–Crippen MR) is 85.4 cm³/mol. The third-order valence-electron chi connectivity index (χ3n) is 2.05. The zero-order valence-corrected chi connectivity index (χ0v) is 11.1. The van der Waals surface area contributed by atoms with Gasteiger partial charge in [-0.25, -0.2) is 4.57 Å². The van der Waals surface area contributed by atoms with Crippen LogP contribution in [-0.2, 0) is 13.6 Å². The van der Waals surface area contributed by atoms with Crippen molar-refractivity contribution in [1.29, 1.82) is 0 Å². The van der Waals surface area contributed by atoms with Gasteiger partial charge in [0.15, 0.2) is 0 Å². The van der Waals surface area contributed by atoms with Gasteiger partial charge in [0.05, 0.1) is 6.16 Å². The van der Waals surface area contributed by atoms with Crippen molar-refractivity contribution >= 4 is 13.7 Å². The van der Waals surface area contributed by atoms with Crippen LogP contribution in [0.15, 0.2) is 48.6 Å². The van der Waals surface area contributed by atoms with Crippen LogP contribution in [0.25, 0.3) is 6.08 Å². The van der Waals surface area contributed by atoms with E-state index in [-0.39, 0.29) is 11.9 Å². The highest BCUT2D eigenvalue weighted by atomic mass is 31.2. The number of allylic oxidation sites excluding steroid dienone is 3. The largest absolute Gasteiger partial charge is 0.450 e. The molecule has 0 amide bonds. The molecule has 0 bridgehead atoms. The Labute approximate surface area is 119 Å². The fraction of sp³-hybridized carbons (Fsp3) is 0.0667. The van der Waals surface area contributed by atoms with E-state index in [2.05, 4.69) is 9.05 Å². The van der Waals surface area contributed by atoms with Gasteiger partial charge in [0.2, 0.25) is 0 Å². The van der Waals surface area contributed by atoms with E-state index in [0.29, 0.717) is 0 Å². The van der Waals surface area contributed by atoms with Gasteiger partial charge in [-0.1, -0.05) is 67.5 Å². The van der Waals surface area contributed by atoms with Gasteiger partial charge in [0, 0.05) is 5.71 Å². The third kappa shape index (κ3) is 5.68. The van der Waals surface area contributed by atoms with Crippen LogP contribution in [0, 0.1) is 25.1 Å². The summed E-state index contributed by atoms with van der Waals surface area (Å²) in [6.07, 6.45) is 20.6. The van der Waals surface area contributed by atoms with Gasteiger partial charge < -0.3 is 9.05 Å². The molecule has 3 nitrogen and oxygen atoms in total. The fourth-order valence-corrected chi connectivity index (χ4v) is 2.14. The highest BCUT2D eigenvalue weighted by molar-refractivity contribution is 7.54. The van der Waals surface area contributed by atoms with Crippen molar-refractivity contribution < 1.29 is 19.3 Å². The second-order valence-electron chi connectivity index (χ2n) is 3.41. The summed E-state index contributed by atoms with van der Waals surface area (Å²) < 4.78 is 21.0. The van der Waals surface area contributed by atoms with Crippen LogP contribution in [0.4, 0.5) is 0 Å². The quantitative estimate of drug-likeness (QED) is 0.432. The molecule has 1 aromatic carbocycles. The third-order valence-corrected chi connectivity index (χ3v) is 3.47. The molecule has 4 heteroatoms. The second-order valence-corrected chi connectivity index (χ2v) is 5.36. The van der Waals surface area contributed by atoms with Gasteiger partial charge in [0.1, 0.15) is 12.2 Å². The number of benzene rings is 1. The van der Waals surface area contributed by atoms with Crippen molar-refractivity contribution in [2.24, 2.45) is 0 Å². The van der Waals surface area contributed by atoms with Gasteiger partial charge in [-0.3, -0.25) is 0 Å². The van der Waals surface area contributed by atoms with E-state index in [1.54, 1.807) is 12.2 Å². The standard InChI is InChI=1S/C15H13O3P.4H2/c1-3-17-19(16,18-4-2)14-10-6-9-13-15-11-7-5-8-12-15;;;;/h1-2,5-13H,14H2;4*1H/b10-6+,13-9+;;;;. The predicted octanol–water partition coefficient (Wildman–Crippen LogP) is 4.65. The van der Waals surface area contributed by atoms with E-state index < -0.39 is 7.60 Å². The Kier molecular flexibility index (Phi) is 6.10. The van der Waals surface area contributed by atoms with Crippen molar-refractivity contribution in [3.05, 3.63) is 54.1 Å². The second kappa shape index (κ2) is 7.88. The molecule has 0 aromatic heterocycles. The molecule has 0 fully saturated rings. The van der Waals surface area contributed by atoms with E-state index >= 15 is 0 Å². The molecular formula is C15H21O3P. The first-order chi connectivity index (χ1) is 9.20. The molecule has 0 unspecified atom stereocenters. The van der Waals surface area contributed by atoms with Crippen LogP contribution >= 0.6 is 7.60 Å². The first kappa shape index (κ1) is 14.7. The molecule has 0 radical (unpaired) electrons. The monoisotopic (exact) mass is 280 g/mol. The van der Waals surface area contributed by atoms with Crippen LogP contribution in [-0.4, -0.2) is 6.16 Å². The summed E-state index contributed by atoms with van der Waals surface area (Å²) in [5, 5.41) is 0. The molecule has 0 heterocycles. The molecule has 0 aliphatic rings. The lowest BCUT2D eigenvalue weighted by Crippen LogP contribution is -1.90. The maximum absolute atomic E-state index is 11.8. The Morgan fingerprint density at radius 1 is 1.16 bits per heavy atom. The van der Waals surface area contributed by atoms with Gasteiger partial charge in [-0.05, 0) is 5.56 Å². The van der Waals surface area contributed by atoms with Gasteiger partial charge in [-0.2, -0.15) is 0 Å². The lowest BCUT2D eigenvalue weighted by atomic mass is 10.2. The number of hydrogen-bond donors (Lipinski definition) is 0. The van der Waals surface area contributed by atoms with Crippen LogP contribution in [0.1, 0.15) is 11.3 Å². The topological polar surface area (TPSA) is 35.5 Å². The van der Waals surface area contributed by atoms with Gasteiger partial charge >= 0.3 is 7.60 Å². The minimum Gasteiger partial charge on any atom is -0.362 e. The fourth-order valence-electron chi connectivity index (χ4n) is 1.25. The molecule has 0 N–H and O–H groups in total. The minimum absolute atomic E-state index is 0. The van der Waals surface area contributed by atoms with Crippen LogP contribution < -0.4 is 0 Å². The van der Waals surface area contributed by atoms with Crippen LogP contribution in [0.2, 0.25) is 0 Å². The summed E-state index contributed by atoms with van der Waals surface area (Å²) in [6, 6.07) is 9.77. The summed E-state index contributed by atoms with van der Waals surface area (Å²) in [5.74, 6) is 0. The Hall–Kier alpha value is -2.35. The molecule has 0 atom stereocenters. The zero-order chi connectivity index (χ0) is 14.0. The average molecular weight is 280 g/mol. The number of rotatable bonds is 6. The summed E-state index contributed by atoms with van der Waals surface area (Å²) in [4.78, 5) is 0. The first-order valence-electron chi connectivity index (χ1n) is 5.46. The Balaban J connectivity index is -0.000000451. The maximum atomic E-state index is 11.8. The van der Waals surface area contributed by atoms with E-state index in [1.807, 2.05) is 54.7 Å². The van der Waals surface area contributed by atoms with Crippen molar-refractivity contribution in [3.8, 4) is 25.1 Å². The Bertz CT molecular complexity index is 569. The molecule has 1 aromatic rings. The van der Waals surface area contributed by atoms with Crippen molar-refractivity contribution in [2.45, 2.75) is 0 Å². The van der Waals surface area contributed by atoms with Gasteiger partial charge in [0.25, 0.3) is 0 Å². The van der Waals surface area contributed by atoms with Crippen LogP contribution in [0.3, 0.4) is 0 Å². The van der Waals surface area contributed by atoms with E-state index in [0.717, 1.165) is 5.56 Å². The van der Waals surface area contributed by atoms with Crippen molar-refractivity contribution in [3.63, 3.8) is 0 Å². The number of terminal acetylenes is 2. The smallest absolute Gasteiger partial charge is 0.362 e. The first-order valence-corrected chi connectivity index (χ1v) is 7.19. The molecule has 1 rings (SSSR count). The highest BCUT2D eigenvalue weighted by Crippen LogP contribution is 2.47. The van der Waals surface area contributed by atoms with E-state index in [9.17, 15) is 4.57 Å². The highest BCUT2D eigenvalue weighted by Gasteiger charge is 2.23. The van der Waals surface area contributed by atoms with Crippen LogP contribution in [0.5, 0.6) is 0 Å². The molecule has 0 aliphatic heterocycles. The van der Waals surface area contributed by atoms with E-state index in [4.69, 9.17) is 12.8 Å². The molecule has 0 saturated carbocycles. The number of hydrogen-bond acceptors (Lipinski definition) is 3.